The van der Waals surface area contributed by atoms with Crippen LogP contribution in [0, 0.1) is 5.92 Å². The van der Waals surface area contributed by atoms with Gasteiger partial charge in [0.2, 0.25) is 0 Å². The molecule has 0 radical (unpaired) electrons. The predicted octanol–water partition coefficient (Wildman–Crippen LogP) is 2.34. The summed E-state index contributed by atoms with van der Waals surface area (Å²) in [5, 5.41) is 2.84. The number of fused-ring (bicyclic) bond motifs is 1. The fourth-order valence-corrected chi connectivity index (χ4v) is 3.03. The zero-order chi connectivity index (χ0) is 16.5. The molecular weight excluding hydrogens is 306 g/mol. The zero-order valence-electron chi connectivity index (χ0n) is 13.7. The van der Waals surface area contributed by atoms with E-state index in [4.69, 9.17) is 9.15 Å². The minimum atomic E-state index is -0.277. The number of oxazole rings is 1. The molecule has 2 aromatic rings. The molecule has 24 heavy (non-hydrogen) atoms. The molecule has 1 amide bonds. The van der Waals surface area contributed by atoms with Crippen molar-refractivity contribution in [3.8, 4) is 5.75 Å². The first-order chi connectivity index (χ1) is 11.7. The normalized spacial score (nSPS) is 16.9. The van der Waals surface area contributed by atoms with Crippen molar-refractivity contribution >= 4 is 5.91 Å². The van der Waals surface area contributed by atoms with Crippen molar-refractivity contribution in [3.05, 3.63) is 47.2 Å². The maximum atomic E-state index is 12.2. The lowest BCUT2D eigenvalue weighted by atomic mass is 10.2. The van der Waals surface area contributed by atoms with Gasteiger partial charge in [-0.15, -0.1) is 0 Å². The smallest absolute Gasteiger partial charge is 0.307 e. The molecule has 1 saturated carbocycles. The van der Waals surface area contributed by atoms with Gasteiger partial charge in [0.15, 0.2) is 0 Å². The highest BCUT2D eigenvalue weighted by Crippen LogP contribution is 2.33. The second-order valence-corrected chi connectivity index (χ2v) is 6.54. The number of nitrogens with zero attached hydrogens (tertiary/aromatic N) is 2. The molecule has 0 spiro atoms. The Morgan fingerprint density at radius 1 is 1.42 bits per heavy atom. The number of methoxy groups -OCH3 is 1. The van der Waals surface area contributed by atoms with Crippen LogP contribution in [-0.2, 0) is 19.6 Å². The molecule has 6 heteroatoms. The van der Waals surface area contributed by atoms with E-state index in [0.717, 1.165) is 48.3 Å². The standard InChI is InChI=1S/C18H21N3O3/c1-23-14-4-2-3-13(7-14)8-19-17(22)18-20-15-10-21(9-12-5-6-12)11-16(15)24-18/h2-4,7,12H,5-6,8-11H2,1H3,(H,19,22). The maximum absolute atomic E-state index is 12.2. The van der Waals surface area contributed by atoms with E-state index in [9.17, 15) is 4.79 Å². The van der Waals surface area contributed by atoms with E-state index in [0.29, 0.717) is 6.54 Å². The quantitative estimate of drug-likeness (QED) is 0.882. The number of carbonyl (C=O) groups excluding carboxylic acids is 1. The van der Waals surface area contributed by atoms with Crippen LogP contribution in [0.15, 0.2) is 28.7 Å². The lowest BCUT2D eigenvalue weighted by molar-refractivity contribution is 0.0911. The number of nitrogens with one attached hydrogen (secondary N) is 1. The average Bonchev–Trinajstić information content (AvgIpc) is 3.19. The number of amides is 1. The van der Waals surface area contributed by atoms with Gasteiger partial charge in [0.05, 0.1) is 19.3 Å². The highest BCUT2D eigenvalue weighted by Gasteiger charge is 2.31. The van der Waals surface area contributed by atoms with Gasteiger partial charge in [-0.3, -0.25) is 9.69 Å². The summed E-state index contributed by atoms with van der Waals surface area (Å²) in [7, 11) is 1.62. The highest BCUT2D eigenvalue weighted by molar-refractivity contribution is 5.89. The van der Waals surface area contributed by atoms with Crippen molar-refractivity contribution in [1.82, 2.24) is 15.2 Å². The Labute approximate surface area is 140 Å². The van der Waals surface area contributed by atoms with E-state index in [1.165, 1.54) is 12.8 Å². The van der Waals surface area contributed by atoms with Crippen molar-refractivity contribution in [2.75, 3.05) is 13.7 Å². The molecule has 4 rings (SSSR count). The molecule has 1 aliphatic heterocycles. The van der Waals surface area contributed by atoms with Crippen LogP contribution in [0.4, 0.5) is 0 Å². The number of aromatic nitrogens is 1. The van der Waals surface area contributed by atoms with Gasteiger partial charge in [0, 0.05) is 19.6 Å². The third-order valence-corrected chi connectivity index (χ3v) is 4.51. The first kappa shape index (κ1) is 15.2. The van der Waals surface area contributed by atoms with E-state index < -0.39 is 0 Å². The second-order valence-electron chi connectivity index (χ2n) is 6.54. The monoisotopic (exact) mass is 327 g/mol. The second kappa shape index (κ2) is 6.28. The lowest BCUT2D eigenvalue weighted by Gasteiger charge is -2.12. The van der Waals surface area contributed by atoms with Crippen molar-refractivity contribution < 1.29 is 13.9 Å². The summed E-state index contributed by atoms with van der Waals surface area (Å²) in [6.45, 7) is 3.08. The molecule has 1 aliphatic carbocycles. The van der Waals surface area contributed by atoms with E-state index in [2.05, 4.69) is 15.2 Å². The summed E-state index contributed by atoms with van der Waals surface area (Å²) >= 11 is 0. The van der Waals surface area contributed by atoms with Gasteiger partial charge in [-0.2, -0.15) is 0 Å². The van der Waals surface area contributed by atoms with Gasteiger partial charge in [-0.25, -0.2) is 4.98 Å². The van der Waals surface area contributed by atoms with Gasteiger partial charge in [-0.1, -0.05) is 12.1 Å². The van der Waals surface area contributed by atoms with Gasteiger partial charge in [0.25, 0.3) is 5.89 Å². The molecule has 0 unspecified atom stereocenters. The third-order valence-electron chi connectivity index (χ3n) is 4.51. The molecule has 0 saturated heterocycles. The fraction of sp³-hybridized carbons (Fsp3) is 0.444. The number of carbonyl (C=O) groups is 1. The first-order valence-electron chi connectivity index (χ1n) is 8.33. The highest BCUT2D eigenvalue weighted by atomic mass is 16.5. The minimum absolute atomic E-state index is 0.161. The fourth-order valence-electron chi connectivity index (χ4n) is 3.03. The van der Waals surface area contributed by atoms with Crippen LogP contribution < -0.4 is 10.1 Å². The molecular formula is C18H21N3O3. The van der Waals surface area contributed by atoms with Crippen LogP contribution in [0.2, 0.25) is 0 Å². The van der Waals surface area contributed by atoms with Crippen molar-refractivity contribution in [2.45, 2.75) is 32.5 Å². The summed E-state index contributed by atoms with van der Waals surface area (Å²) in [5.41, 5.74) is 1.87. The number of benzene rings is 1. The lowest BCUT2D eigenvalue weighted by Crippen LogP contribution is -2.24. The first-order valence-corrected chi connectivity index (χ1v) is 8.33. The molecule has 2 aliphatic rings. The van der Waals surface area contributed by atoms with Crippen LogP contribution in [0.3, 0.4) is 0 Å². The SMILES string of the molecule is COc1cccc(CNC(=O)c2nc3c(o2)CN(CC2CC2)C3)c1. The Kier molecular flexibility index (Phi) is 3.98. The van der Waals surface area contributed by atoms with E-state index >= 15 is 0 Å². The van der Waals surface area contributed by atoms with Crippen LogP contribution in [0.1, 0.15) is 40.5 Å². The van der Waals surface area contributed by atoms with Crippen LogP contribution in [0.5, 0.6) is 5.75 Å². The van der Waals surface area contributed by atoms with Crippen molar-refractivity contribution in [2.24, 2.45) is 5.92 Å². The Balaban J connectivity index is 1.34. The van der Waals surface area contributed by atoms with E-state index in [1.54, 1.807) is 7.11 Å². The summed E-state index contributed by atoms with van der Waals surface area (Å²) in [6.07, 6.45) is 2.67. The van der Waals surface area contributed by atoms with E-state index in [1.807, 2.05) is 24.3 Å². The molecule has 1 aromatic carbocycles. The van der Waals surface area contributed by atoms with Crippen LogP contribution in [0.25, 0.3) is 0 Å². The summed E-state index contributed by atoms with van der Waals surface area (Å²) in [5.74, 6) is 2.34. The zero-order valence-corrected chi connectivity index (χ0v) is 13.7. The molecule has 0 bridgehead atoms. The van der Waals surface area contributed by atoms with Gasteiger partial charge < -0.3 is 14.5 Å². The average molecular weight is 327 g/mol. The summed E-state index contributed by atoms with van der Waals surface area (Å²) in [6, 6.07) is 7.60. The largest absolute Gasteiger partial charge is 0.497 e. The topological polar surface area (TPSA) is 67.6 Å². The van der Waals surface area contributed by atoms with Crippen LogP contribution >= 0.6 is 0 Å². The number of hydrogen-bond donors (Lipinski definition) is 1. The van der Waals surface area contributed by atoms with Gasteiger partial charge in [0.1, 0.15) is 11.5 Å². The Bertz CT molecular complexity index is 728. The number of rotatable bonds is 6. The Hall–Kier alpha value is -2.34. The van der Waals surface area contributed by atoms with Gasteiger partial charge in [-0.05, 0) is 36.5 Å². The molecule has 1 fully saturated rings. The van der Waals surface area contributed by atoms with Crippen LogP contribution in [-0.4, -0.2) is 29.4 Å². The summed E-state index contributed by atoms with van der Waals surface area (Å²) < 4.78 is 10.8. The van der Waals surface area contributed by atoms with Crippen molar-refractivity contribution in [3.63, 3.8) is 0 Å². The third kappa shape index (κ3) is 3.28. The maximum Gasteiger partial charge on any atom is 0.307 e. The molecule has 6 nitrogen and oxygen atoms in total. The predicted molar refractivity (Wildman–Crippen MR) is 87.5 cm³/mol. The van der Waals surface area contributed by atoms with E-state index in [-0.39, 0.29) is 11.8 Å². The molecule has 1 aromatic heterocycles. The molecule has 0 atom stereocenters. The van der Waals surface area contributed by atoms with Gasteiger partial charge >= 0.3 is 5.91 Å². The number of ether oxygens (including phenoxy) is 1. The molecule has 1 N–H and O–H groups in total. The van der Waals surface area contributed by atoms with Crippen molar-refractivity contribution in [1.29, 1.82) is 0 Å². The minimum Gasteiger partial charge on any atom is -0.497 e. The number of hydrogen-bond acceptors (Lipinski definition) is 5. The molecule has 2 heterocycles. The Morgan fingerprint density at radius 2 is 2.29 bits per heavy atom. The molecule has 126 valence electrons. The summed E-state index contributed by atoms with van der Waals surface area (Å²) in [4.78, 5) is 18.9. The Morgan fingerprint density at radius 3 is 3.04 bits per heavy atom.